The lowest BCUT2D eigenvalue weighted by molar-refractivity contribution is 0.372. The van der Waals surface area contributed by atoms with Gasteiger partial charge in [-0.25, -0.2) is 0 Å². The minimum absolute atomic E-state index is 0.0567. The van der Waals surface area contributed by atoms with Gasteiger partial charge in [0, 0.05) is 11.6 Å². The van der Waals surface area contributed by atoms with Crippen molar-refractivity contribution in [3.63, 3.8) is 0 Å². The van der Waals surface area contributed by atoms with Crippen molar-refractivity contribution in [2.24, 2.45) is 0 Å². The molecule has 0 radical (unpaired) electrons. The summed E-state index contributed by atoms with van der Waals surface area (Å²) in [7, 11) is 1.51. The number of phenols is 1. The summed E-state index contributed by atoms with van der Waals surface area (Å²) in [4.78, 5) is 0. The lowest BCUT2D eigenvalue weighted by atomic mass is 10.0. The lowest BCUT2D eigenvalue weighted by Gasteiger charge is -2.12. The number of ether oxygens (including phenoxy) is 1. The smallest absolute Gasteiger partial charge is 0.172 e. The molecule has 90 valence electrons. The number of aromatic amines is 1. The van der Waals surface area contributed by atoms with Gasteiger partial charge in [0.1, 0.15) is 5.82 Å². The number of H-pyrrole nitrogens is 1. The predicted molar refractivity (Wildman–Crippen MR) is 69.1 cm³/mol. The maximum Gasteiger partial charge on any atom is 0.172 e. The molecular weight excluding hydrogens is 286 g/mol. The molecule has 6 heteroatoms. The maximum absolute atomic E-state index is 9.93. The van der Waals surface area contributed by atoms with E-state index in [0.717, 1.165) is 16.8 Å². The first-order valence-electron chi connectivity index (χ1n) is 4.92. The van der Waals surface area contributed by atoms with Crippen molar-refractivity contribution in [3.8, 4) is 22.8 Å². The van der Waals surface area contributed by atoms with Gasteiger partial charge >= 0.3 is 0 Å². The molecule has 0 unspecified atom stereocenters. The molecule has 17 heavy (non-hydrogen) atoms. The number of benzene rings is 1. The van der Waals surface area contributed by atoms with Crippen LogP contribution in [-0.2, 0) is 0 Å². The van der Waals surface area contributed by atoms with E-state index in [-0.39, 0.29) is 5.75 Å². The van der Waals surface area contributed by atoms with Crippen LogP contribution in [0.15, 0.2) is 16.6 Å². The molecule has 0 atom stereocenters. The summed E-state index contributed by atoms with van der Waals surface area (Å²) < 4.78 is 5.63. The highest BCUT2D eigenvalue weighted by Gasteiger charge is 2.17. The van der Waals surface area contributed by atoms with Crippen LogP contribution in [0.25, 0.3) is 11.3 Å². The zero-order valence-corrected chi connectivity index (χ0v) is 11.0. The molecule has 2 rings (SSSR count). The van der Waals surface area contributed by atoms with Gasteiger partial charge in [-0.3, -0.25) is 5.10 Å². The van der Waals surface area contributed by atoms with Gasteiger partial charge in [-0.15, -0.1) is 0 Å². The molecule has 0 spiro atoms. The normalized spacial score (nSPS) is 10.5. The Morgan fingerprint density at radius 1 is 1.47 bits per heavy atom. The lowest BCUT2D eigenvalue weighted by Crippen LogP contribution is -1.91. The van der Waals surface area contributed by atoms with Gasteiger partial charge in [0.15, 0.2) is 11.5 Å². The highest BCUT2D eigenvalue weighted by Crippen LogP contribution is 2.43. The van der Waals surface area contributed by atoms with Gasteiger partial charge in [-0.1, -0.05) is 0 Å². The molecular formula is C11H12BrN3O2. The Kier molecular flexibility index (Phi) is 2.97. The number of aromatic hydroxyl groups is 1. The van der Waals surface area contributed by atoms with Crippen LogP contribution < -0.4 is 10.5 Å². The van der Waals surface area contributed by atoms with E-state index in [4.69, 9.17) is 10.5 Å². The van der Waals surface area contributed by atoms with E-state index in [1.54, 1.807) is 12.1 Å². The molecule has 0 saturated carbocycles. The summed E-state index contributed by atoms with van der Waals surface area (Å²) >= 11 is 3.35. The molecule has 1 heterocycles. The van der Waals surface area contributed by atoms with Crippen molar-refractivity contribution >= 4 is 21.7 Å². The largest absolute Gasteiger partial charge is 0.503 e. The second-order valence-electron chi connectivity index (χ2n) is 3.64. The van der Waals surface area contributed by atoms with Gasteiger partial charge in [0.05, 0.1) is 17.3 Å². The fourth-order valence-electron chi connectivity index (χ4n) is 1.69. The first-order chi connectivity index (χ1) is 8.04. The predicted octanol–water partition coefficient (Wildman–Crippen LogP) is 2.44. The second kappa shape index (κ2) is 4.29. The average molecular weight is 298 g/mol. The minimum Gasteiger partial charge on any atom is -0.503 e. The number of phenolic OH excluding ortho intramolecular Hbond substituents is 1. The third-order valence-electron chi connectivity index (χ3n) is 2.49. The van der Waals surface area contributed by atoms with Gasteiger partial charge < -0.3 is 15.6 Å². The fourth-order valence-corrected chi connectivity index (χ4v) is 2.41. The zero-order valence-electron chi connectivity index (χ0n) is 9.41. The number of aromatic nitrogens is 2. The Morgan fingerprint density at radius 2 is 2.18 bits per heavy atom. The van der Waals surface area contributed by atoms with Crippen LogP contribution in [0.1, 0.15) is 5.56 Å². The first kappa shape index (κ1) is 11.8. The Hall–Kier alpha value is -1.69. The number of anilines is 1. The van der Waals surface area contributed by atoms with Crippen LogP contribution in [0.3, 0.4) is 0 Å². The van der Waals surface area contributed by atoms with Crippen molar-refractivity contribution in [2.45, 2.75) is 6.92 Å². The van der Waals surface area contributed by atoms with Crippen molar-refractivity contribution in [1.82, 2.24) is 10.2 Å². The molecule has 4 N–H and O–H groups in total. The van der Waals surface area contributed by atoms with Gasteiger partial charge in [-0.2, -0.15) is 5.10 Å². The van der Waals surface area contributed by atoms with Crippen molar-refractivity contribution in [2.75, 3.05) is 12.8 Å². The van der Waals surface area contributed by atoms with Crippen LogP contribution >= 0.6 is 15.9 Å². The summed E-state index contributed by atoms with van der Waals surface area (Å²) in [6, 6.07) is 3.46. The number of hydrogen-bond acceptors (Lipinski definition) is 4. The topological polar surface area (TPSA) is 84.2 Å². The molecule has 5 nitrogen and oxygen atoms in total. The van der Waals surface area contributed by atoms with Crippen LogP contribution in [0.4, 0.5) is 5.82 Å². The van der Waals surface area contributed by atoms with E-state index < -0.39 is 0 Å². The Labute approximate surface area is 107 Å². The molecule has 0 amide bonds. The Morgan fingerprint density at radius 3 is 2.71 bits per heavy atom. The third-order valence-corrected chi connectivity index (χ3v) is 3.26. The molecule has 0 aliphatic rings. The van der Waals surface area contributed by atoms with Gasteiger partial charge in [-0.05, 0) is 34.5 Å². The standard InChI is InChI=1S/C11H12BrN3O2/c1-5-3-7(17-2)11(16)10(12)9(5)6-4-8(13)15-14-6/h3-4,16H,1-2H3,(H3,13,14,15). The summed E-state index contributed by atoms with van der Waals surface area (Å²) in [5.41, 5.74) is 8.06. The SMILES string of the molecule is COc1cc(C)c(-c2cc(N)n[nH]2)c(Br)c1O. The number of halogens is 1. The molecule has 0 aliphatic heterocycles. The number of rotatable bonds is 2. The summed E-state index contributed by atoms with van der Waals surface area (Å²) in [5, 5.41) is 16.6. The van der Waals surface area contributed by atoms with E-state index in [9.17, 15) is 5.11 Å². The first-order valence-corrected chi connectivity index (χ1v) is 5.71. The molecule has 0 aliphatic carbocycles. The number of methoxy groups -OCH3 is 1. The number of nitrogen functional groups attached to an aromatic ring is 1. The highest BCUT2D eigenvalue weighted by molar-refractivity contribution is 9.10. The van der Waals surface area contributed by atoms with Crippen LogP contribution in [0.2, 0.25) is 0 Å². The molecule has 0 bridgehead atoms. The number of nitrogens with zero attached hydrogens (tertiary/aromatic N) is 1. The van der Waals surface area contributed by atoms with Gasteiger partial charge in [0.2, 0.25) is 0 Å². The highest BCUT2D eigenvalue weighted by atomic mass is 79.9. The van der Waals surface area contributed by atoms with Crippen molar-refractivity contribution < 1.29 is 9.84 Å². The van der Waals surface area contributed by atoms with E-state index >= 15 is 0 Å². The van der Waals surface area contributed by atoms with Crippen LogP contribution in [0.5, 0.6) is 11.5 Å². The molecule has 1 aromatic heterocycles. The van der Waals surface area contributed by atoms with E-state index in [1.165, 1.54) is 7.11 Å². The molecule has 0 fully saturated rings. The molecule has 1 aromatic carbocycles. The number of nitrogens with one attached hydrogen (secondary N) is 1. The van der Waals surface area contributed by atoms with Crippen LogP contribution in [-0.4, -0.2) is 22.4 Å². The fraction of sp³-hybridized carbons (Fsp3) is 0.182. The average Bonchev–Trinajstić information content (AvgIpc) is 2.70. The van der Waals surface area contributed by atoms with Crippen LogP contribution in [0, 0.1) is 6.92 Å². The maximum atomic E-state index is 9.93. The molecule has 0 saturated heterocycles. The Bertz CT molecular complexity index is 566. The number of aryl methyl sites for hydroxylation is 1. The minimum atomic E-state index is 0.0567. The third kappa shape index (κ3) is 1.95. The Balaban J connectivity index is 2.66. The quantitative estimate of drug-likeness (QED) is 0.795. The van der Waals surface area contributed by atoms with Crippen molar-refractivity contribution in [3.05, 3.63) is 22.2 Å². The van der Waals surface area contributed by atoms with Crippen molar-refractivity contribution in [1.29, 1.82) is 0 Å². The summed E-state index contributed by atoms with van der Waals surface area (Å²) in [5.74, 6) is 0.883. The summed E-state index contributed by atoms with van der Waals surface area (Å²) in [6.45, 7) is 1.92. The van der Waals surface area contributed by atoms with E-state index in [1.807, 2.05) is 6.92 Å². The number of nitrogens with two attached hydrogens (primary N) is 1. The zero-order chi connectivity index (χ0) is 12.6. The van der Waals surface area contributed by atoms with Gasteiger partial charge in [0.25, 0.3) is 0 Å². The monoisotopic (exact) mass is 297 g/mol. The van der Waals surface area contributed by atoms with E-state index in [0.29, 0.717) is 16.0 Å². The second-order valence-corrected chi connectivity index (χ2v) is 4.43. The summed E-state index contributed by atoms with van der Waals surface area (Å²) in [6.07, 6.45) is 0. The number of hydrogen-bond donors (Lipinski definition) is 3. The van der Waals surface area contributed by atoms with E-state index in [2.05, 4.69) is 26.1 Å². The molecule has 2 aromatic rings.